The van der Waals surface area contributed by atoms with E-state index in [1.54, 1.807) is 31.3 Å². The molecule has 0 fully saturated rings. The normalized spacial score (nSPS) is 16.4. The van der Waals surface area contributed by atoms with E-state index in [0.29, 0.717) is 6.54 Å². The van der Waals surface area contributed by atoms with Crippen LogP contribution in [0.5, 0.6) is 0 Å². The second kappa shape index (κ2) is 10.3. The van der Waals surface area contributed by atoms with Crippen molar-refractivity contribution in [2.75, 3.05) is 13.1 Å². The maximum Gasteiger partial charge on any atom is 0.238 e. The number of carbonyl (C=O) groups excluding carboxylic acids is 1. The van der Waals surface area contributed by atoms with Gasteiger partial charge in [0.05, 0.1) is 12.6 Å². The monoisotopic (exact) mass is 494 g/mol. The fraction of sp³-hybridized carbons (Fsp3) is 0.296. The molecule has 1 aliphatic rings. The molecule has 5 nitrogen and oxygen atoms in total. The molecule has 1 aromatic heterocycles. The lowest BCUT2D eigenvalue weighted by molar-refractivity contribution is -0.133. The molecule has 7 heteroatoms. The molecule has 0 saturated carbocycles. The van der Waals surface area contributed by atoms with E-state index >= 15 is 0 Å². The Labute approximate surface area is 206 Å². The molecule has 0 bridgehead atoms. The second-order valence-corrected chi connectivity index (χ2v) is 11.6. The van der Waals surface area contributed by atoms with Crippen LogP contribution in [0.25, 0.3) is 6.08 Å². The molecule has 1 amide bonds. The van der Waals surface area contributed by atoms with Gasteiger partial charge in [-0.3, -0.25) is 4.79 Å². The predicted octanol–water partition coefficient (Wildman–Crippen LogP) is 5.24. The van der Waals surface area contributed by atoms with Crippen LogP contribution in [0.4, 0.5) is 0 Å². The average molecular weight is 495 g/mol. The van der Waals surface area contributed by atoms with Crippen molar-refractivity contribution in [3.63, 3.8) is 0 Å². The van der Waals surface area contributed by atoms with Crippen LogP contribution in [-0.4, -0.2) is 42.7 Å². The summed E-state index contributed by atoms with van der Waals surface area (Å²) in [5.41, 5.74) is 4.13. The molecule has 2 heterocycles. The molecular formula is C27H30N2O3S2. The summed E-state index contributed by atoms with van der Waals surface area (Å²) in [6.45, 7) is 6.02. The molecule has 0 saturated heterocycles. The number of hydrogen-bond donors (Lipinski definition) is 0. The fourth-order valence-electron chi connectivity index (χ4n) is 4.41. The molecule has 0 spiro atoms. The summed E-state index contributed by atoms with van der Waals surface area (Å²) in [7, 11) is -3.79. The van der Waals surface area contributed by atoms with Gasteiger partial charge in [0.1, 0.15) is 0 Å². The van der Waals surface area contributed by atoms with Crippen LogP contribution in [-0.2, 0) is 21.2 Å². The maximum atomic E-state index is 13.7. The first kappa shape index (κ1) is 24.4. The van der Waals surface area contributed by atoms with Gasteiger partial charge in [-0.25, -0.2) is 8.42 Å². The summed E-state index contributed by atoms with van der Waals surface area (Å²) in [5, 5.41) is 3.27. The number of fused-ring (bicyclic) bond motifs is 1. The summed E-state index contributed by atoms with van der Waals surface area (Å²) in [5.74, 6) is -0.185. The Balaban J connectivity index is 1.62. The van der Waals surface area contributed by atoms with Crippen LogP contribution in [0.2, 0.25) is 0 Å². The standard InChI is InChI=1S/C27H30N2O3S2/c1-20(2)29(34(31,32)18-15-22-10-5-4-6-11-22)19-26(30)28-16-13-25-24(14-17-33-25)27(28)23-12-8-7-9-21(23)3/h4-12,14-15,17-18,20,27H,13,16,19H2,1-3H3/b18-15+. The molecule has 0 N–H and O–H groups in total. The molecule has 1 aliphatic heterocycles. The third-order valence-electron chi connectivity index (χ3n) is 6.20. The zero-order chi connectivity index (χ0) is 24.3. The SMILES string of the molecule is Cc1ccccc1C1c2ccsc2CCN1C(=O)CN(C(C)C)S(=O)(=O)/C=C/c1ccccc1. The van der Waals surface area contributed by atoms with Gasteiger partial charge in [-0.1, -0.05) is 54.6 Å². The number of carbonyl (C=O) groups is 1. The lowest BCUT2D eigenvalue weighted by Crippen LogP contribution is -2.48. The number of amides is 1. The number of sulfonamides is 1. The number of rotatable bonds is 7. The zero-order valence-corrected chi connectivity index (χ0v) is 21.4. The molecule has 1 atom stereocenters. The molecule has 2 aromatic carbocycles. The quantitative estimate of drug-likeness (QED) is 0.451. The topological polar surface area (TPSA) is 57.7 Å². The van der Waals surface area contributed by atoms with E-state index in [0.717, 1.165) is 28.7 Å². The Kier molecular flexibility index (Phi) is 7.36. The van der Waals surface area contributed by atoms with Gasteiger partial charge in [-0.05, 0) is 67.0 Å². The molecule has 34 heavy (non-hydrogen) atoms. The number of nitrogens with zero attached hydrogens (tertiary/aromatic N) is 2. The largest absolute Gasteiger partial charge is 0.330 e. The Morgan fingerprint density at radius 1 is 1.09 bits per heavy atom. The lowest BCUT2D eigenvalue weighted by Gasteiger charge is -2.38. The maximum absolute atomic E-state index is 13.7. The minimum Gasteiger partial charge on any atom is -0.330 e. The van der Waals surface area contributed by atoms with Gasteiger partial charge >= 0.3 is 0 Å². The van der Waals surface area contributed by atoms with Crippen molar-refractivity contribution in [3.05, 3.63) is 98.6 Å². The molecule has 0 aliphatic carbocycles. The number of benzene rings is 2. The lowest BCUT2D eigenvalue weighted by atomic mass is 9.90. The van der Waals surface area contributed by atoms with Gasteiger partial charge < -0.3 is 4.90 Å². The predicted molar refractivity (Wildman–Crippen MR) is 139 cm³/mol. The summed E-state index contributed by atoms with van der Waals surface area (Å²) in [6.07, 6.45) is 2.35. The molecule has 178 valence electrons. The average Bonchev–Trinajstić information content (AvgIpc) is 3.30. The highest BCUT2D eigenvalue weighted by Gasteiger charge is 2.36. The number of aryl methyl sites for hydroxylation is 1. The van der Waals surface area contributed by atoms with Gasteiger partial charge in [0.15, 0.2) is 0 Å². The summed E-state index contributed by atoms with van der Waals surface area (Å²) < 4.78 is 27.7. The van der Waals surface area contributed by atoms with Crippen molar-refractivity contribution in [2.24, 2.45) is 0 Å². The van der Waals surface area contributed by atoms with Crippen LogP contribution in [0.15, 0.2) is 71.5 Å². The van der Waals surface area contributed by atoms with Gasteiger partial charge in [0, 0.05) is 22.9 Å². The molecule has 0 radical (unpaired) electrons. The highest BCUT2D eigenvalue weighted by molar-refractivity contribution is 7.92. The highest BCUT2D eigenvalue weighted by atomic mass is 32.2. The van der Waals surface area contributed by atoms with Crippen LogP contribution in [0, 0.1) is 6.92 Å². The number of thiophene rings is 1. The first-order chi connectivity index (χ1) is 16.3. The van der Waals surface area contributed by atoms with Crippen LogP contribution >= 0.6 is 11.3 Å². The third kappa shape index (κ3) is 5.17. The Bertz CT molecular complexity index is 1280. The van der Waals surface area contributed by atoms with Crippen molar-refractivity contribution < 1.29 is 13.2 Å². The van der Waals surface area contributed by atoms with Crippen LogP contribution in [0.3, 0.4) is 0 Å². The minimum absolute atomic E-state index is 0.185. The Hall–Kier alpha value is -2.74. The van der Waals surface area contributed by atoms with Crippen molar-refractivity contribution in [2.45, 2.75) is 39.3 Å². The summed E-state index contributed by atoms with van der Waals surface area (Å²) in [6, 6.07) is 18.9. The van der Waals surface area contributed by atoms with E-state index in [1.165, 1.54) is 14.6 Å². The van der Waals surface area contributed by atoms with Crippen molar-refractivity contribution in [1.82, 2.24) is 9.21 Å². The Morgan fingerprint density at radius 3 is 2.50 bits per heavy atom. The third-order valence-corrected chi connectivity index (χ3v) is 8.88. The van der Waals surface area contributed by atoms with Crippen molar-refractivity contribution >= 4 is 33.3 Å². The molecule has 1 unspecified atom stereocenters. The smallest absolute Gasteiger partial charge is 0.238 e. The molecule has 3 aromatic rings. The first-order valence-electron chi connectivity index (χ1n) is 11.4. The Morgan fingerprint density at radius 2 is 1.79 bits per heavy atom. The van der Waals surface area contributed by atoms with E-state index < -0.39 is 10.0 Å². The van der Waals surface area contributed by atoms with E-state index in [1.807, 2.05) is 47.4 Å². The number of hydrogen-bond acceptors (Lipinski definition) is 4. The fourth-order valence-corrected chi connectivity index (χ4v) is 6.68. The van der Waals surface area contributed by atoms with Gasteiger partial charge in [0.25, 0.3) is 0 Å². The van der Waals surface area contributed by atoms with Crippen LogP contribution in [0.1, 0.15) is 47.0 Å². The minimum atomic E-state index is -3.79. The van der Waals surface area contributed by atoms with E-state index in [4.69, 9.17) is 0 Å². The molecular weight excluding hydrogens is 464 g/mol. The first-order valence-corrected chi connectivity index (χ1v) is 13.8. The van der Waals surface area contributed by atoms with Gasteiger partial charge in [-0.15, -0.1) is 11.3 Å². The van der Waals surface area contributed by atoms with Gasteiger partial charge in [-0.2, -0.15) is 4.31 Å². The van der Waals surface area contributed by atoms with Crippen LogP contribution < -0.4 is 0 Å². The van der Waals surface area contributed by atoms with E-state index in [2.05, 4.69) is 30.5 Å². The van der Waals surface area contributed by atoms with Crippen molar-refractivity contribution in [1.29, 1.82) is 0 Å². The van der Waals surface area contributed by atoms with Gasteiger partial charge in [0.2, 0.25) is 15.9 Å². The van der Waals surface area contributed by atoms with E-state index in [9.17, 15) is 13.2 Å². The summed E-state index contributed by atoms with van der Waals surface area (Å²) in [4.78, 5) is 16.8. The summed E-state index contributed by atoms with van der Waals surface area (Å²) >= 11 is 1.72. The molecule has 4 rings (SSSR count). The highest BCUT2D eigenvalue weighted by Crippen LogP contribution is 2.39. The zero-order valence-electron chi connectivity index (χ0n) is 19.7. The van der Waals surface area contributed by atoms with Crippen molar-refractivity contribution in [3.8, 4) is 0 Å². The second-order valence-electron chi connectivity index (χ2n) is 8.79. The van der Waals surface area contributed by atoms with E-state index in [-0.39, 0.29) is 24.5 Å².